The largest absolute Gasteiger partial charge is 0.463 e. The van der Waals surface area contributed by atoms with Crippen LogP contribution in [0, 0.1) is 5.82 Å². The SMILES string of the molecule is Cn1c(C(=O)NCC(=O)NCCc2ccccc2F)cc2occc21. The molecule has 2 aromatic heterocycles. The first-order valence-corrected chi connectivity index (χ1v) is 7.87. The highest BCUT2D eigenvalue weighted by Gasteiger charge is 2.15. The first kappa shape index (κ1) is 16.8. The number of aryl methyl sites for hydroxylation is 1. The number of rotatable bonds is 6. The summed E-state index contributed by atoms with van der Waals surface area (Å²) < 4.78 is 20.4. The van der Waals surface area contributed by atoms with Gasteiger partial charge in [-0.1, -0.05) is 18.2 Å². The molecule has 0 spiro atoms. The number of hydrogen-bond acceptors (Lipinski definition) is 3. The number of amides is 2. The minimum absolute atomic E-state index is 0.150. The van der Waals surface area contributed by atoms with Crippen LogP contribution in [0.3, 0.4) is 0 Å². The van der Waals surface area contributed by atoms with Gasteiger partial charge in [0.15, 0.2) is 5.58 Å². The maximum absolute atomic E-state index is 13.5. The highest BCUT2D eigenvalue weighted by Crippen LogP contribution is 2.19. The molecule has 1 aromatic carbocycles. The van der Waals surface area contributed by atoms with E-state index in [0.717, 1.165) is 5.52 Å². The molecule has 0 aliphatic heterocycles. The molecule has 130 valence electrons. The van der Waals surface area contributed by atoms with Gasteiger partial charge < -0.3 is 19.6 Å². The standard InChI is InChI=1S/C18H18FN3O3/c1-22-14-7-9-25-16(14)10-15(22)18(24)21-11-17(23)20-8-6-12-4-2-3-5-13(12)19/h2-5,7,9-10H,6,8,11H2,1H3,(H,20,23)(H,21,24). The van der Waals surface area contributed by atoms with Gasteiger partial charge in [-0.2, -0.15) is 0 Å². The zero-order valence-electron chi connectivity index (χ0n) is 13.7. The van der Waals surface area contributed by atoms with E-state index in [1.165, 1.54) is 6.07 Å². The van der Waals surface area contributed by atoms with E-state index in [1.807, 2.05) is 0 Å². The molecule has 0 fully saturated rings. The quantitative estimate of drug-likeness (QED) is 0.719. The molecule has 0 aliphatic carbocycles. The number of carbonyl (C=O) groups is 2. The van der Waals surface area contributed by atoms with Crippen molar-refractivity contribution >= 4 is 22.9 Å². The molecule has 2 N–H and O–H groups in total. The van der Waals surface area contributed by atoms with Crippen molar-refractivity contribution in [1.82, 2.24) is 15.2 Å². The average molecular weight is 343 g/mol. The van der Waals surface area contributed by atoms with Crippen molar-refractivity contribution in [3.63, 3.8) is 0 Å². The lowest BCUT2D eigenvalue weighted by atomic mass is 10.1. The first-order chi connectivity index (χ1) is 12.1. The van der Waals surface area contributed by atoms with Gasteiger partial charge in [0.2, 0.25) is 5.91 Å². The summed E-state index contributed by atoms with van der Waals surface area (Å²) in [7, 11) is 1.75. The predicted octanol–water partition coefficient (Wildman–Crippen LogP) is 2.00. The highest BCUT2D eigenvalue weighted by molar-refractivity contribution is 5.99. The van der Waals surface area contributed by atoms with Gasteiger partial charge in [-0.3, -0.25) is 9.59 Å². The summed E-state index contributed by atoms with van der Waals surface area (Å²) in [6, 6.07) is 9.81. The maximum Gasteiger partial charge on any atom is 0.268 e. The summed E-state index contributed by atoms with van der Waals surface area (Å²) >= 11 is 0. The van der Waals surface area contributed by atoms with Gasteiger partial charge in [0, 0.05) is 25.7 Å². The molecule has 0 saturated carbocycles. The number of aromatic nitrogens is 1. The summed E-state index contributed by atoms with van der Waals surface area (Å²) in [5, 5.41) is 5.22. The molecule has 0 saturated heterocycles. The number of hydrogen-bond donors (Lipinski definition) is 2. The Balaban J connectivity index is 1.47. The second kappa shape index (κ2) is 7.21. The number of carbonyl (C=O) groups excluding carboxylic acids is 2. The summed E-state index contributed by atoms with van der Waals surface area (Å²) in [5.41, 5.74) is 2.37. The smallest absolute Gasteiger partial charge is 0.268 e. The van der Waals surface area contributed by atoms with Crippen LogP contribution in [0.2, 0.25) is 0 Å². The number of halogens is 1. The van der Waals surface area contributed by atoms with Crippen LogP contribution in [0.15, 0.2) is 47.1 Å². The Hall–Kier alpha value is -3.09. The van der Waals surface area contributed by atoms with Gasteiger partial charge >= 0.3 is 0 Å². The van der Waals surface area contributed by atoms with Crippen LogP contribution in [0.25, 0.3) is 11.1 Å². The molecular formula is C18H18FN3O3. The lowest BCUT2D eigenvalue weighted by Gasteiger charge is -2.08. The molecule has 0 aliphatic rings. The van der Waals surface area contributed by atoms with Gasteiger partial charge in [0.1, 0.15) is 11.5 Å². The fourth-order valence-electron chi connectivity index (χ4n) is 2.62. The van der Waals surface area contributed by atoms with Crippen molar-refractivity contribution in [2.45, 2.75) is 6.42 Å². The average Bonchev–Trinajstić information content (AvgIpc) is 3.18. The molecule has 0 unspecified atom stereocenters. The van der Waals surface area contributed by atoms with Crippen LogP contribution >= 0.6 is 0 Å². The van der Waals surface area contributed by atoms with Crippen molar-refractivity contribution in [1.29, 1.82) is 0 Å². The summed E-state index contributed by atoms with van der Waals surface area (Å²) in [6.45, 7) is 0.148. The minimum Gasteiger partial charge on any atom is -0.463 e. The Morgan fingerprint density at radius 2 is 2.00 bits per heavy atom. The molecule has 0 atom stereocenters. The summed E-state index contributed by atoms with van der Waals surface area (Å²) in [4.78, 5) is 24.0. The van der Waals surface area contributed by atoms with E-state index in [4.69, 9.17) is 4.42 Å². The van der Waals surface area contributed by atoms with Gasteiger partial charge in [-0.15, -0.1) is 0 Å². The Morgan fingerprint density at radius 1 is 1.20 bits per heavy atom. The number of furan rings is 1. The second-order valence-corrected chi connectivity index (χ2v) is 5.63. The molecule has 0 bridgehead atoms. The third-order valence-electron chi connectivity index (χ3n) is 3.98. The Kier molecular flexibility index (Phi) is 4.83. The number of benzene rings is 1. The van der Waals surface area contributed by atoms with E-state index in [0.29, 0.717) is 29.8 Å². The van der Waals surface area contributed by atoms with Crippen molar-refractivity contribution in [2.24, 2.45) is 7.05 Å². The topological polar surface area (TPSA) is 76.3 Å². The van der Waals surface area contributed by atoms with E-state index in [1.54, 1.807) is 48.2 Å². The number of fused-ring (bicyclic) bond motifs is 1. The third-order valence-corrected chi connectivity index (χ3v) is 3.98. The van der Waals surface area contributed by atoms with Crippen molar-refractivity contribution in [3.8, 4) is 0 Å². The summed E-state index contributed by atoms with van der Waals surface area (Å²) in [5.74, 6) is -0.987. The Bertz CT molecular complexity index is 913. The van der Waals surface area contributed by atoms with Crippen LogP contribution in [0.5, 0.6) is 0 Å². The van der Waals surface area contributed by atoms with E-state index in [9.17, 15) is 14.0 Å². The molecule has 0 radical (unpaired) electrons. The third kappa shape index (κ3) is 3.71. The molecule has 3 aromatic rings. The van der Waals surface area contributed by atoms with Crippen LogP contribution in [0.4, 0.5) is 4.39 Å². The van der Waals surface area contributed by atoms with Crippen molar-refractivity contribution < 1.29 is 18.4 Å². The molecule has 25 heavy (non-hydrogen) atoms. The number of nitrogens with one attached hydrogen (secondary N) is 2. The Labute approximate surface area is 143 Å². The molecule has 7 heteroatoms. The highest BCUT2D eigenvalue weighted by atomic mass is 19.1. The van der Waals surface area contributed by atoms with E-state index in [-0.39, 0.29) is 24.2 Å². The molecule has 3 rings (SSSR count). The zero-order valence-corrected chi connectivity index (χ0v) is 13.7. The van der Waals surface area contributed by atoms with Crippen LogP contribution in [0.1, 0.15) is 16.1 Å². The lowest BCUT2D eigenvalue weighted by molar-refractivity contribution is -0.120. The van der Waals surface area contributed by atoms with E-state index < -0.39 is 0 Å². The minimum atomic E-state index is -0.363. The number of nitrogens with zero attached hydrogens (tertiary/aromatic N) is 1. The van der Waals surface area contributed by atoms with E-state index >= 15 is 0 Å². The monoisotopic (exact) mass is 343 g/mol. The van der Waals surface area contributed by atoms with Gasteiger partial charge in [-0.25, -0.2) is 4.39 Å². The summed E-state index contributed by atoms with van der Waals surface area (Å²) in [6.07, 6.45) is 1.94. The molecular weight excluding hydrogens is 325 g/mol. The lowest BCUT2D eigenvalue weighted by Crippen LogP contribution is -2.38. The second-order valence-electron chi connectivity index (χ2n) is 5.63. The predicted molar refractivity (Wildman–Crippen MR) is 90.6 cm³/mol. The van der Waals surface area contributed by atoms with Crippen LogP contribution < -0.4 is 10.6 Å². The molecule has 2 amide bonds. The molecule has 6 nitrogen and oxygen atoms in total. The van der Waals surface area contributed by atoms with Crippen LogP contribution in [-0.4, -0.2) is 29.5 Å². The fourth-order valence-corrected chi connectivity index (χ4v) is 2.62. The van der Waals surface area contributed by atoms with Gasteiger partial charge in [0.05, 0.1) is 18.3 Å². The van der Waals surface area contributed by atoms with Crippen molar-refractivity contribution in [3.05, 3.63) is 59.7 Å². The normalized spacial score (nSPS) is 10.8. The van der Waals surface area contributed by atoms with Gasteiger partial charge in [-0.05, 0) is 18.1 Å². The first-order valence-electron chi connectivity index (χ1n) is 7.87. The maximum atomic E-state index is 13.5. The Morgan fingerprint density at radius 3 is 2.76 bits per heavy atom. The van der Waals surface area contributed by atoms with Crippen LogP contribution in [-0.2, 0) is 18.3 Å². The van der Waals surface area contributed by atoms with Gasteiger partial charge in [0.25, 0.3) is 5.91 Å². The van der Waals surface area contributed by atoms with Crippen molar-refractivity contribution in [2.75, 3.05) is 13.1 Å². The molecule has 2 heterocycles. The zero-order chi connectivity index (χ0) is 17.8. The van der Waals surface area contributed by atoms with E-state index in [2.05, 4.69) is 10.6 Å². The fraction of sp³-hybridized carbons (Fsp3) is 0.222.